The Labute approximate surface area is 96.4 Å². The number of rotatable bonds is 0. The van der Waals surface area contributed by atoms with Crippen LogP contribution in [0.1, 0.15) is 12.8 Å². The average molecular weight is 305 g/mol. The molecule has 0 radical (unpaired) electrons. The number of hydrogen-bond donors (Lipinski definition) is 0. The molecule has 1 unspecified atom stereocenters. The maximum Gasteiger partial charge on any atom is 0.240 e. The molecule has 2 heterocycles. The maximum absolute atomic E-state index is 11.8. The van der Waals surface area contributed by atoms with Gasteiger partial charge in [0.25, 0.3) is 0 Å². The van der Waals surface area contributed by atoms with Gasteiger partial charge in [-0.2, -0.15) is 5.10 Å². The number of fused-ring (bicyclic) bond motifs is 1. The van der Waals surface area contributed by atoms with Crippen LogP contribution in [-0.4, -0.2) is 26.7 Å². The number of anilines is 1. The van der Waals surface area contributed by atoms with Crippen molar-refractivity contribution in [2.24, 2.45) is 0 Å². The summed E-state index contributed by atoms with van der Waals surface area (Å²) in [6, 6.07) is 1.88. The van der Waals surface area contributed by atoms with Crippen molar-refractivity contribution >= 4 is 34.3 Å². The summed E-state index contributed by atoms with van der Waals surface area (Å²) in [6.07, 6.45) is 3.69. The minimum Gasteiger partial charge on any atom is -0.299 e. The van der Waals surface area contributed by atoms with Gasteiger partial charge in [0.1, 0.15) is 5.82 Å². The standard InChI is InChI=1S/C9H12IN3O/c1-12-8-4-5-11-13(8)6-2-3-7(10)9(12)14/h4-5,7H,2-3,6H2,1H3. The van der Waals surface area contributed by atoms with Gasteiger partial charge in [0.15, 0.2) is 0 Å². The van der Waals surface area contributed by atoms with Gasteiger partial charge in [-0.05, 0) is 12.8 Å². The number of amides is 1. The molecule has 1 amide bonds. The number of carbonyl (C=O) groups is 1. The summed E-state index contributed by atoms with van der Waals surface area (Å²) in [5.74, 6) is 1.07. The molecule has 0 fully saturated rings. The monoisotopic (exact) mass is 305 g/mol. The summed E-state index contributed by atoms with van der Waals surface area (Å²) in [5.41, 5.74) is 0. The van der Waals surface area contributed by atoms with E-state index >= 15 is 0 Å². The van der Waals surface area contributed by atoms with Crippen LogP contribution in [0.2, 0.25) is 0 Å². The van der Waals surface area contributed by atoms with E-state index in [4.69, 9.17) is 0 Å². The second kappa shape index (κ2) is 3.88. The molecule has 0 spiro atoms. The zero-order valence-corrected chi connectivity index (χ0v) is 10.1. The van der Waals surface area contributed by atoms with Crippen molar-refractivity contribution < 1.29 is 4.79 Å². The van der Waals surface area contributed by atoms with E-state index in [1.165, 1.54) is 0 Å². The first-order valence-electron chi connectivity index (χ1n) is 4.63. The van der Waals surface area contributed by atoms with Crippen LogP contribution in [-0.2, 0) is 11.3 Å². The topological polar surface area (TPSA) is 38.1 Å². The lowest BCUT2D eigenvalue weighted by molar-refractivity contribution is -0.117. The normalized spacial score (nSPS) is 22.9. The van der Waals surface area contributed by atoms with Crippen LogP contribution in [0.3, 0.4) is 0 Å². The fraction of sp³-hybridized carbons (Fsp3) is 0.556. The summed E-state index contributed by atoms with van der Waals surface area (Å²) in [4.78, 5) is 13.5. The van der Waals surface area contributed by atoms with Crippen LogP contribution in [0.4, 0.5) is 5.82 Å². The largest absolute Gasteiger partial charge is 0.299 e. The Hall–Kier alpha value is -0.590. The number of nitrogens with zero attached hydrogens (tertiary/aromatic N) is 3. The minimum absolute atomic E-state index is 0.0984. The molecule has 0 N–H and O–H groups in total. The van der Waals surface area contributed by atoms with E-state index in [1.54, 1.807) is 11.1 Å². The van der Waals surface area contributed by atoms with Crippen molar-refractivity contribution in [3.63, 3.8) is 0 Å². The first-order chi connectivity index (χ1) is 6.70. The second-order valence-electron chi connectivity index (χ2n) is 3.42. The highest BCUT2D eigenvalue weighted by Crippen LogP contribution is 2.21. The molecule has 0 saturated carbocycles. The van der Waals surface area contributed by atoms with Crippen LogP contribution in [0.15, 0.2) is 12.3 Å². The molecule has 1 aliphatic heterocycles. The Balaban J connectivity index is 2.35. The van der Waals surface area contributed by atoms with Gasteiger partial charge in [0.2, 0.25) is 5.91 Å². The van der Waals surface area contributed by atoms with E-state index in [2.05, 4.69) is 27.7 Å². The van der Waals surface area contributed by atoms with E-state index in [1.807, 2.05) is 17.8 Å². The molecule has 14 heavy (non-hydrogen) atoms. The Morgan fingerprint density at radius 1 is 1.64 bits per heavy atom. The van der Waals surface area contributed by atoms with E-state index in [9.17, 15) is 4.79 Å². The molecule has 0 aliphatic carbocycles. The van der Waals surface area contributed by atoms with Crippen molar-refractivity contribution in [1.82, 2.24) is 9.78 Å². The third-order valence-electron chi connectivity index (χ3n) is 2.46. The zero-order chi connectivity index (χ0) is 10.1. The minimum atomic E-state index is 0.0984. The third-order valence-corrected chi connectivity index (χ3v) is 3.62. The Morgan fingerprint density at radius 2 is 2.43 bits per heavy atom. The van der Waals surface area contributed by atoms with Crippen LogP contribution in [0, 0.1) is 0 Å². The smallest absolute Gasteiger partial charge is 0.240 e. The lowest BCUT2D eigenvalue weighted by Gasteiger charge is -2.24. The number of hydrogen-bond acceptors (Lipinski definition) is 2. The number of aromatic nitrogens is 2. The molecule has 1 aromatic rings. The van der Waals surface area contributed by atoms with Gasteiger partial charge in [-0.25, -0.2) is 4.68 Å². The molecular formula is C9H12IN3O. The zero-order valence-electron chi connectivity index (χ0n) is 7.98. The Bertz CT molecular complexity index is 350. The van der Waals surface area contributed by atoms with Crippen LogP contribution < -0.4 is 4.90 Å². The first-order valence-corrected chi connectivity index (χ1v) is 5.88. The lowest BCUT2D eigenvalue weighted by atomic mass is 10.2. The number of carbonyl (C=O) groups excluding carboxylic acids is 1. The van der Waals surface area contributed by atoms with Crippen molar-refractivity contribution in [3.05, 3.63) is 12.3 Å². The molecule has 1 aliphatic rings. The van der Waals surface area contributed by atoms with E-state index in [0.717, 1.165) is 25.2 Å². The molecule has 0 bridgehead atoms. The molecule has 2 rings (SSSR count). The SMILES string of the molecule is CN1C(=O)C(I)CCCn2nccc21. The van der Waals surface area contributed by atoms with Crippen molar-refractivity contribution in [3.8, 4) is 0 Å². The van der Waals surface area contributed by atoms with E-state index < -0.39 is 0 Å². The van der Waals surface area contributed by atoms with Crippen molar-refractivity contribution in [2.45, 2.75) is 23.3 Å². The van der Waals surface area contributed by atoms with Gasteiger partial charge in [0, 0.05) is 19.7 Å². The molecule has 5 heteroatoms. The van der Waals surface area contributed by atoms with Crippen LogP contribution in [0.25, 0.3) is 0 Å². The highest BCUT2D eigenvalue weighted by molar-refractivity contribution is 14.1. The molecular weight excluding hydrogens is 293 g/mol. The van der Waals surface area contributed by atoms with Crippen LogP contribution >= 0.6 is 22.6 Å². The summed E-state index contributed by atoms with van der Waals surface area (Å²) in [5, 5.41) is 4.19. The number of alkyl halides is 1. The van der Waals surface area contributed by atoms with Gasteiger partial charge in [0.05, 0.1) is 10.1 Å². The molecule has 0 aromatic carbocycles. The number of halogens is 1. The molecule has 76 valence electrons. The van der Waals surface area contributed by atoms with Crippen molar-refractivity contribution in [2.75, 3.05) is 11.9 Å². The highest BCUT2D eigenvalue weighted by atomic mass is 127. The van der Waals surface area contributed by atoms with E-state index in [-0.39, 0.29) is 9.83 Å². The summed E-state index contributed by atoms with van der Waals surface area (Å²) >= 11 is 2.22. The summed E-state index contributed by atoms with van der Waals surface area (Å²) in [6.45, 7) is 0.902. The highest BCUT2D eigenvalue weighted by Gasteiger charge is 2.24. The Kier molecular flexibility index (Phi) is 2.76. The fourth-order valence-corrected chi connectivity index (χ4v) is 2.51. The maximum atomic E-state index is 11.8. The van der Waals surface area contributed by atoms with Gasteiger partial charge in [-0.3, -0.25) is 9.69 Å². The first kappa shape index (κ1) is 9.95. The van der Waals surface area contributed by atoms with E-state index in [0.29, 0.717) is 0 Å². The Morgan fingerprint density at radius 3 is 3.21 bits per heavy atom. The fourth-order valence-electron chi connectivity index (χ4n) is 1.65. The third kappa shape index (κ3) is 1.65. The predicted molar refractivity (Wildman–Crippen MR) is 62.7 cm³/mol. The van der Waals surface area contributed by atoms with Crippen LogP contribution in [0.5, 0.6) is 0 Å². The van der Waals surface area contributed by atoms with Gasteiger partial charge in [-0.1, -0.05) is 22.6 Å². The molecule has 0 saturated heterocycles. The predicted octanol–water partition coefficient (Wildman–Crippen LogP) is 1.44. The quantitative estimate of drug-likeness (QED) is 0.537. The molecule has 1 atom stereocenters. The molecule has 1 aromatic heterocycles. The van der Waals surface area contributed by atoms with Gasteiger partial charge < -0.3 is 0 Å². The molecule has 4 nitrogen and oxygen atoms in total. The lowest BCUT2D eigenvalue weighted by Crippen LogP contribution is -2.36. The number of aryl methyl sites for hydroxylation is 1. The average Bonchev–Trinajstić information content (AvgIpc) is 2.62. The summed E-state index contributed by atoms with van der Waals surface area (Å²) in [7, 11) is 1.81. The van der Waals surface area contributed by atoms with Gasteiger partial charge >= 0.3 is 0 Å². The van der Waals surface area contributed by atoms with Gasteiger partial charge in [-0.15, -0.1) is 0 Å². The second-order valence-corrected chi connectivity index (χ2v) is 4.92. The summed E-state index contributed by atoms with van der Waals surface area (Å²) < 4.78 is 1.99. The van der Waals surface area contributed by atoms with Crippen molar-refractivity contribution in [1.29, 1.82) is 0 Å².